The molecule has 212 valence electrons. The third-order valence-electron chi connectivity index (χ3n) is 7.46. The number of thiazole rings is 1. The molecule has 10 nitrogen and oxygen atoms in total. The second-order valence-corrected chi connectivity index (χ2v) is 11.4. The molecule has 0 spiro atoms. The molecule has 2 aromatic heterocycles. The number of carbonyl (C=O) groups is 2. The number of aromatic nitrogens is 5. The zero-order valence-electron chi connectivity index (χ0n) is 22.9. The predicted octanol–water partition coefficient (Wildman–Crippen LogP) is 4.75. The summed E-state index contributed by atoms with van der Waals surface area (Å²) < 4.78 is 14.9. The number of hydrogen-bond acceptors (Lipinski definition) is 7. The molecule has 0 atom stereocenters. The molecule has 0 bridgehead atoms. The second kappa shape index (κ2) is 12.1. The zero-order chi connectivity index (χ0) is 29.1. The maximum atomic E-state index is 14.5. The molecule has 1 aliphatic carbocycles. The molecule has 1 fully saturated rings. The Balaban J connectivity index is 1.24. The number of anilines is 3. The van der Waals surface area contributed by atoms with E-state index in [0.717, 1.165) is 22.4 Å². The molecule has 42 heavy (non-hydrogen) atoms. The minimum Gasteiger partial charge on any atom is -0.290 e. The standard InChI is InChI=1S/C29H28BFN8O2S/c30-21-14-23(31)25-24(15-21)32-28(42-25)34-29(41)39(22-12-10-19(11-13-22)18-4-2-1-3-5-18)16-17-6-8-20(9-7-17)26(40)33-27-35-37-38-36-27/h6-15,18H,1-5,16,30H2,(H,32,34,41)(H2,33,35,36,37,38,40). The summed E-state index contributed by atoms with van der Waals surface area (Å²) in [7, 11) is 1.80. The lowest BCUT2D eigenvalue weighted by Gasteiger charge is -2.25. The van der Waals surface area contributed by atoms with Crippen molar-refractivity contribution in [3.05, 3.63) is 83.2 Å². The van der Waals surface area contributed by atoms with Gasteiger partial charge in [0.2, 0.25) is 0 Å². The first-order valence-electron chi connectivity index (χ1n) is 13.8. The van der Waals surface area contributed by atoms with Gasteiger partial charge in [0.05, 0.1) is 16.8 Å². The maximum absolute atomic E-state index is 14.5. The monoisotopic (exact) mass is 582 g/mol. The van der Waals surface area contributed by atoms with Crippen molar-refractivity contribution in [2.24, 2.45) is 0 Å². The third kappa shape index (κ3) is 6.15. The first-order chi connectivity index (χ1) is 20.4. The highest BCUT2D eigenvalue weighted by Crippen LogP contribution is 2.34. The van der Waals surface area contributed by atoms with Crippen molar-refractivity contribution in [3.63, 3.8) is 0 Å². The first kappa shape index (κ1) is 27.5. The van der Waals surface area contributed by atoms with Crippen LogP contribution in [0.5, 0.6) is 0 Å². The smallest absolute Gasteiger partial charge is 0.290 e. The number of rotatable bonds is 7. The lowest BCUT2D eigenvalue weighted by Crippen LogP contribution is -2.34. The van der Waals surface area contributed by atoms with Gasteiger partial charge in [0.15, 0.2) is 5.13 Å². The number of nitrogens with zero attached hydrogens (tertiary/aromatic N) is 5. The highest BCUT2D eigenvalue weighted by atomic mass is 32.1. The van der Waals surface area contributed by atoms with Gasteiger partial charge in [0, 0.05) is 11.3 Å². The summed E-state index contributed by atoms with van der Waals surface area (Å²) in [5, 5.41) is 18.9. The van der Waals surface area contributed by atoms with Crippen LogP contribution in [0.1, 0.15) is 59.5 Å². The predicted molar refractivity (Wildman–Crippen MR) is 164 cm³/mol. The minimum atomic E-state index is -0.393. The Kier molecular flexibility index (Phi) is 7.91. The number of amides is 3. The number of hydrogen-bond donors (Lipinski definition) is 3. The van der Waals surface area contributed by atoms with Crippen LogP contribution in [0.2, 0.25) is 0 Å². The molecule has 0 unspecified atom stereocenters. The Morgan fingerprint density at radius 1 is 1.02 bits per heavy atom. The summed E-state index contributed by atoms with van der Waals surface area (Å²) in [6, 6.07) is 17.9. The molecule has 3 amide bonds. The largest absolute Gasteiger partial charge is 0.328 e. The summed E-state index contributed by atoms with van der Waals surface area (Å²) in [4.78, 5) is 32.3. The van der Waals surface area contributed by atoms with Crippen molar-refractivity contribution in [2.45, 2.75) is 44.6 Å². The van der Waals surface area contributed by atoms with Crippen LogP contribution in [0.25, 0.3) is 10.2 Å². The van der Waals surface area contributed by atoms with Crippen molar-refractivity contribution in [3.8, 4) is 0 Å². The van der Waals surface area contributed by atoms with Crippen LogP contribution in [0, 0.1) is 5.82 Å². The van der Waals surface area contributed by atoms with Gasteiger partial charge in [-0.25, -0.2) is 14.2 Å². The van der Waals surface area contributed by atoms with Gasteiger partial charge in [-0.3, -0.25) is 20.3 Å². The molecule has 13 heteroatoms. The summed E-state index contributed by atoms with van der Waals surface area (Å²) in [6.07, 6.45) is 6.14. The van der Waals surface area contributed by atoms with Gasteiger partial charge in [-0.2, -0.15) is 5.21 Å². The average molecular weight is 582 g/mol. The highest BCUT2D eigenvalue weighted by molar-refractivity contribution is 7.22. The van der Waals surface area contributed by atoms with Crippen LogP contribution in [-0.4, -0.2) is 45.4 Å². The number of tetrazole rings is 1. The van der Waals surface area contributed by atoms with E-state index in [1.54, 1.807) is 43.1 Å². The van der Waals surface area contributed by atoms with Crippen molar-refractivity contribution in [2.75, 3.05) is 15.5 Å². The lowest BCUT2D eigenvalue weighted by molar-refractivity contribution is 0.102. The molecule has 1 saturated carbocycles. The molecule has 2 heterocycles. The average Bonchev–Trinajstić information content (AvgIpc) is 3.66. The molecule has 6 rings (SSSR count). The van der Waals surface area contributed by atoms with Crippen LogP contribution in [0.3, 0.4) is 0 Å². The molecule has 3 N–H and O–H groups in total. The second-order valence-electron chi connectivity index (χ2n) is 10.4. The number of nitrogens with one attached hydrogen (secondary N) is 3. The molecule has 3 aromatic carbocycles. The fourth-order valence-electron chi connectivity index (χ4n) is 5.31. The van der Waals surface area contributed by atoms with Crippen molar-refractivity contribution < 1.29 is 14.0 Å². The molecule has 0 radical (unpaired) electrons. The van der Waals surface area contributed by atoms with Gasteiger partial charge < -0.3 is 0 Å². The van der Waals surface area contributed by atoms with Crippen LogP contribution < -0.4 is 21.0 Å². The number of H-pyrrole nitrogens is 1. The van der Waals surface area contributed by atoms with E-state index in [4.69, 9.17) is 0 Å². The Morgan fingerprint density at radius 3 is 2.50 bits per heavy atom. The quantitative estimate of drug-likeness (QED) is 0.238. The lowest BCUT2D eigenvalue weighted by atomic mass is 9.84. The summed E-state index contributed by atoms with van der Waals surface area (Å²) in [5.41, 5.74) is 4.48. The van der Waals surface area contributed by atoms with E-state index in [-0.39, 0.29) is 24.2 Å². The Labute approximate surface area is 246 Å². The molecule has 5 aromatic rings. The number of urea groups is 1. The molecular weight excluding hydrogens is 554 g/mol. The number of carbonyl (C=O) groups excluding carboxylic acids is 2. The van der Waals surface area contributed by atoms with E-state index in [9.17, 15) is 14.0 Å². The van der Waals surface area contributed by atoms with E-state index in [1.165, 1.54) is 43.7 Å². The van der Waals surface area contributed by atoms with Gasteiger partial charge in [-0.05, 0) is 71.5 Å². The first-order valence-corrected chi connectivity index (χ1v) is 14.6. The maximum Gasteiger partial charge on any atom is 0.328 e. The number of aromatic amines is 1. The van der Waals surface area contributed by atoms with Crippen molar-refractivity contribution in [1.82, 2.24) is 25.6 Å². The van der Waals surface area contributed by atoms with Gasteiger partial charge in [-0.1, -0.05) is 65.4 Å². The molecular formula is C29H28BFN8O2S. The van der Waals surface area contributed by atoms with Crippen LogP contribution in [0.4, 0.5) is 26.0 Å². The van der Waals surface area contributed by atoms with Gasteiger partial charge >= 0.3 is 6.03 Å². The van der Waals surface area contributed by atoms with Gasteiger partial charge in [0.1, 0.15) is 13.7 Å². The molecule has 0 aliphatic heterocycles. The van der Waals surface area contributed by atoms with Crippen LogP contribution in [0.15, 0.2) is 60.7 Å². The van der Waals surface area contributed by atoms with E-state index < -0.39 is 6.03 Å². The SMILES string of the molecule is Bc1cc(F)c2sc(NC(=O)N(Cc3ccc(C(=O)Nc4nn[nH]n4)cc3)c3ccc(C4CCCCC4)cc3)nc2c1. The number of fused-ring (bicyclic) bond motifs is 1. The highest BCUT2D eigenvalue weighted by Gasteiger charge is 2.21. The van der Waals surface area contributed by atoms with E-state index in [1.807, 2.05) is 12.1 Å². The fourth-order valence-corrected chi connectivity index (χ4v) is 6.15. The zero-order valence-corrected chi connectivity index (χ0v) is 23.7. The van der Waals surface area contributed by atoms with Crippen molar-refractivity contribution >= 4 is 63.6 Å². The normalized spacial score (nSPS) is 13.6. The van der Waals surface area contributed by atoms with Crippen LogP contribution in [-0.2, 0) is 6.54 Å². The van der Waals surface area contributed by atoms with E-state index in [2.05, 4.69) is 48.4 Å². The van der Waals surface area contributed by atoms with Crippen molar-refractivity contribution in [1.29, 1.82) is 0 Å². The Bertz CT molecular complexity index is 1700. The molecule has 1 aliphatic rings. The summed E-state index contributed by atoms with van der Waals surface area (Å²) in [5.74, 6) is -0.119. The third-order valence-corrected chi connectivity index (χ3v) is 8.45. The summed E-state index contributed by atoms with van der Waals surface area (Å²) >= 11 is 1.10. The van der Waals surface area contributed by atoms with Gasteiger partial charge in [-0.15, -0.1) is 5.10 Å². The Morgan fingerprint density at radius 2 is 1.79 bits per heavy atom. The minimum absolute atomic E-state index is 0.0773. The van der Waals surface area contributed by atoms with Gasteiger partial charge in [0.25, 0.3) is 11.9 Å². The Hall–Kier alpha value is -4.65. The number of benzene rings is 3. The van der Waals surface area contributed by atoms with E-state index >= 15 is 0 Å². The number of halogens is 1. The van der Waals surface area contributed by atoms with Crippen LogP contribution >= 0.6 is 11.3 Å². The molecule has 0 saturated heterocycles. The summed E-state index contributed by atoms with van der Waals surface area (Å²) in [6.45, 7) is 0.236. The van der Waals surface area contributed by atoms with E-state index in [0.29, 0.717) is 32.5 Å². The fraction of sp³-hybridized carbons (Fsp3) is 0.241. The topological polar surface area (TPSA) is 129 Å².